The van der Waals surface area contributed by atoms with E-state index in [1.807, 2.05) is 38.1 Å². The van der Waals surface area contributed by atoms with Gasteiger partial charge in [-0.25, -0.2) is 4.39 Å². The van der Waals surface area contributed by atoms with E-state index in [2.05, 4.69) is 37.9 Å². The average molecular weight is 493 g/mol. The van der Waals surface area contributed by atoms with E-state index in [0.717, 1.165) is 43.7 Å². The summed E-state index contributed by atoms with van der Waals surface area (Å²) < 4.78 is 13.7. The topological polar surface area (TPSA) is 53.2 Å². The summed E-state index contributed by atoms with van der Waals surface area (Å²) in [4.78, 5) is 15.8. The van der Waals surface area contributed by atoms with E-state index in [1.165, 1.54) is 30.9 Å². The molecule has 0 bridgehead atoms. The molecule has 1 fully saturated rings. The quantitative estimate of drug-likeness (QED) is 0.327. The summed E-state index contributed by atoms with van der Waals surface area (Å²) in [6.45, 7) is 12.2. The highest BCUT2D eigenvalue weighted by atomic mass is 19.1. The minimum atomic E-state index is -0.461. The third-order valence-electron chi connectivity index (χ3n) is 6.51. The molecule has 36 heavy (non-hydrogen) atoms. The van der Waals surface area contributed by atoms with E-state index in [0.29, 0.717) is 29.4 Å². The number of aliphatic imine (C=N–C) groups is 1. The summed E-state index contributed by atoms with van der Waals surface area (Å²) >= 11 is 0. The highest BCUT2D eigenvalue weighted by Crippen LogP contribution is 2.25. The molecule has 0 N–H and O–H groups in total. The molecule has 3 rings (SSSR count). The predicted octanol–water partition coefficient (Wildman–Crippen LogP) is 9.64. The normalized spacial score (nSPS) is 13.8. The average Bonchev–Trinajstić information content (AvgIpc) is 2.86. The van der Waals surface area contributed by atoms with Crippen molar-refractivity contribution >= 4 is 17.2 Å². The van der Waals surface area contributed by atoms with Crippen molar-refractivity contribution in [2.45, 2.75) is 105 Å². The molecule has 0 aliphatic heterocycles. The van der Waals surface area contributed by atoms with Crippen molar-refractivity contribution in [1.82, 2.24) is 0 Å². The van der Waals surface area contributed by atoms with Crippen LogP contribution < -0.4 is 0 Å². The summed E-state index contributed by atoms with van der Waals surface area (Å²) in [5.74, 6) is 1.34. The zero-order chi connectivity index (χ0) is 26.9. The van der Waals surface area contributed by atoms with E-state index in [9.17, 15) is 9.18 Å². The molecule has 1 atom stereocenters. The molecule has 1 aliphatic rings. The molecule has 0 amide bonds. The zero-order valence-electron chi connectivity index (χ0n) is 23.2. The number of rotatable bonds is 9. The van der Waals surface area contributed by atoms with Crippen molar-refractivity contribution in [3.8, 4) is 6.07 Å². The van der Waals surface area contributed by atoms with E-state index in [1.54, 1.807) is 13.0 Å². The van der Waals surface area contributed by atoms with Crippen LogP contribution in [0.3, 0.4) is 0 Å². The smallest absolute Gasteiger partial charge is 0.146 e. The van der Waals surface area contributed by atoms with Gasteiger partial charge in [-0.2, -0.15) is 5.26 Å². The Kier molecular flexibility index (Phi) is 15.3. The van der Waals surface area contributed by atoms with Gasteiger partial charge in [0.15, 0.2) is 0 Å². The number of unbranched alkanes of at least 4 members (excludes halogenated alkanes) is 1. The number of nitrogens with zero attached hydrogens (tertiary/aromatic N) is 2. The molecule has 0 spiro atoms. The summed E-state index contributed by atoms with van der Waals surface area (Å²) in [6, 6.07) is 15.2. The highest BCUT2D eigenvalue weighted by Gasteiger charge is 2.10. The molecule has 3 nitrogen and oxygen atoms in total. The monoisotopic (exact) mass is 492 g/mol. The highest BCUT2D eigenvalue weighted by molar-refractivity contribution is 5.85. The number of hydrogen-bond donors (Lipinski definition) is 0. The molecule has 2 aromatic carbocycles. The number of benzene rings is 2. The second-order valence-corrected chi connectivity index (χ2v) is 9.97. The van der Waals surface area contributed by atoms with Gasteiger partial charge < -0.3 is 0 Å². The third kappa shape index (κ3) is 11.8. The van der Waals surface area contributed by atoms with Crippen LogP contribution in [-0.2, 0) is 4.79 Å². The van der Waals surface area contributed by atoms with Crippen LogP contribution in [0.1, 0.15) is 115 Å². The number of ketones is 1. The third-order valence-corrected chi connectivity index (χ3v) is 6.51. The maximum absolute atomic E-state index is 13.7. The number of Topliss-reactive ketones (excluding diaryl/α,β-unsaturated/α-hetero) is 1. The van der Waals surface area contributed by atoms with Gasteiger partial charge in [-0.1, -0.05) is 83.7 Å². The molecule has 1 unspecified atom stereocenters. The lowest BCUT2D eigenvalue weighted by atomic mass is 9.88. The zero-order valence-corrected chi connectivity index (χ0v) is 23.2. The largest absolute Gasteiger partial charge is 0.300 e. The Balaban J connectivity index is 0.000000305. The fourth-order valence-corrected chi connectivity index (χ4v) is 3.81. The fourth-order valence-electron chi connectivity index (χ4n) is 3.81. The number of hydrogen-bond acceptors (Lipinski definition) is 3. The van der Waals surface area contributed by atoms with Crippen molar-refractivity contribution < 1.29 is 9.18 Å². The van der Waals surface area contributed by atoms with Gasteiger partial charge >= 0.3 is 0 Å². The van der Waals surface area contributed by atoms with Crippen LogP contribution in [-0.4, -0.2) is 11.5 Å². The first kappa shape index (κ1) is 31.2. The van der Waals surface area contributed by atoms with Crippen LogP contribution in [0.25, 0.3) is 0 Å². The van der Waals surface area contributed by atoms with Gasteiger partial charge in [-0.3, -0.25) is 9.79 Å². The van der Waals surface area contributed by atoms with Crippen molar-refractivity contribution in [2.75, 3.05) is 0 Å². The first-order valence-electron chi connectivity index (χ1n) is 13.5. The van der Waals surface area contributed by atoms with Crippen molar-refractivity contribution in [2.24, 2.45) is 10.9 Å². The van der Waals surface area contributed by atoms with Crippen molar-refractivity contribution in [1.29, 1.82) is 5.26 Å². The maximum atomic E-state index is 13.7. The van der Waals surface area contributed by atoms with E-state index >= 15 is 0 Å². The van der Waals surface area contributed by atoms with Gasteiger partial charge in [-0.15, -0.1) is 0 Å². The lowest BCUT2D eigenvalue weighted by Crippen LogP contribution is -2.04. The van der Waals surface area contributed by atoms with E-state index in [-0.39, 0.29) is 5.56 Å². The van der Waals surface area contributed by atoms with E-state index in [4.69, 9.17) is 5.26 Å². The molecule has 0 radical (unpaired) electrons. The number of halogens is 1. The van der Waals surface area contributed by atoms with Gasteiger partial charge in [0.05, 0.1) is 11.3 Å². The van der Waals surface area contributed by atoms with Crippen LogP contribution in [0.5, 0.6) is 0 Å². The lowest BCUT2D eigenvalue weighted by molar-refractivity contribution is -0.119. The molecular formula is C32H45FN2O. The van der Waals surface area contributed by atoms with Gasteiger partial charge in [-0.05, 0) is 62.6 Å². The number of nitriles is 1. The second-order valence-electron chi connectivity index (χ2n) is 9.97. The van der Waals surface area contributed by atoms with Gasteiger partial charge in [0.25, 0.3) is 0 Å². The van der Waals surface area contributed by atoms with Crippen LogP contribution >= 0.6 is 0 Å². The fraction of sp³-hybridized carbons (Fsp3) is 0.531. The van der Waals surface area contributed by atoms with Crippen LogP contribution in [0.2, 0.25) is 0 Å². The Morgan fingerprint density at radius 1 is 1.11 bits per heavy atom. The van der Waals surface area contributed by atoms with Gasteiger partial charge in [0.2, 0.25) is 0 Å². The standard InChI is InChI=1S/C14H17FN2.C13H18O.C5H10/c1-4-5-6-10(2)17-13-8-7-12(9-16)14(15)11(13)3;1-3-7-13(14)10-11(2)12-8-5-4-6-9-12;1-5-3-2-4-5/h7-8H,4-6H2,1-3H3;4-6,8-9,11H,3,7,10H2,1-2H3;5H,2-4H2,1H3. The lowest BCUT2D eigenvalue weighted by Gasteiger charge is -2.18. The summed E-state index contributed by atoms with van der Waals surface area (Å²) in [5.41, 5.74) is 3.40. The molecule has 2 aromatic rings. The molecule has 0 saturated heterocycles. The summed E-state index contributed by atoms with van der Waals surface area (Å²) in [5, 5.41) is 8.71. The Morgan fingerprint density at radius 3 is 2.25 bits per heavy atom. The molecule has 0 heterocycles. The first-order valence-corrected chi connectivity index (χ1v) is 13.5. The summed E-state index contributed by atoms with van der Waals surface area (Å²) in [7, 11) is 0. The van der Waals surface area contributed by atoms with Crippen LogP contribution in [0.15, 0.2) is 47.5 Å². The minimum Gasteiger partial charge on any atom is -0.300 e. The van der Waals surface area contributed by atoms with Gasteiger partial charge in [0.1, 0.15) is 17.7 Å². The molecular weight excluding hydrogens is 447 g/mol. The summed E-state index contributed by atoms with van der Waals surface area (Å²) in [6.07, 6.45) is 9.95. The number of carbonyl (C=O) groups excluding carboxylic acids is 1. The molecule has 4 heteroatoms. The predicted molar refractivity (Wildman–Crippen MR) is 151 cm³/mol. The van der Waals surface area contributed by atoms with E-state index < -0.39 is 5.82 Å². The van der Waals surface area contributed by atoms with Gasteiger partial charge in [0, 0.05) is 24.1 Å². The minimum absolute atomic E-state index is 0.0765. The Bertz CT molecular complexity index is 987. The molecule has 1 saturated carbocycles. The molecule has 1 aliphatic carbocycles. The van der Waals surface area contributed by atoms with Crippen molar-refractivity contribution in [3.63, 3.8) is 0 Å². The Morgan fingerprint density at radius 2 is 1.75 bits per heavy atom. The second kappa shape index (κ2) is 17.6. The van der Waals surface area contributed by atoms with Crippen LogP contribution in [0.4, 0.5) is 10.1 Å². The first-order chi connectivity index (χ1) is 17.2. The Labute approximate surface area is 218 Å². The Hall–Kier alpha value is -2.80. The van der Waals surface area contributed by atoms with Crippen molar-refractivity contribution in [3.05, 3.63) is 65.0 Å². The maximum Gasteiger partial charge on any atom is 0.146 e. The van der Waals surface area contributed by atoms with Crippen LogP contribution in [0, 0.1) is 30.0 Å². The molecule has 196 valence electrons. The SMILES string of the molecule is CC1CCC1.CCCC(=O)CC(C)c1ccccc1.CCCCC(C)=Nc1ccc(C#N)c(F)c1C. The molecule has 0 aromatic heterocycles. The number of carbonyl (C=O) groups is 1.